The van der Waals surface area contributed by atoms with Crippen molar-refractivity contribution < 1.29 is 9.53 Å². The number of halogens is 1. The van der Waals surface area contributed by atoms with Crippen molar-refractivity contribution in [2.45, 2.75) is 33.3 Å². The summed E-state index contributed by atoms with van der Waals surface area (Å²) in [7, 11) is 0. The van der Waals surface area contributed by atoms with Gasteiger partial charge < -0.3 is 9.64 Å². The maximum Gasteiger partial charge on any atom is 0.228 e. The Balaban J connectivity index is 2.60. The van der Waals surface area contributed by atoms with Gasteiger partial charge in [-0.2, -0.15) is 0 Å². The van der Waals surface area contributed by atoms with Crippen LogP contribution < -0.4 is 0 Å². The van der Waals surface area contributed by atoms with E-state index in [9.17, 15) is 4.79 Å². The van der Waals surface area contributed by atoms with E-state index in [0.29, 0.717) is 25.6 Å². The van der Waals surface area contributed by atoms with E-state index in [0.717, 1.165) is 6.42 Å². The molecule has 1 saturated heterocycles. The van der Waals surface area contributed by atoms with Crippen LogP contribution in [0.2, 0.25) is 0 Å². The number of rotatable bonds is 3. The van der Waals surface area contributed by atoms with E-state index in [1.54, 1.807) is 0 Å². The summed E-state index contributed by atoms with van der Waals surface area (Å²) in [6, 6.07) is 0. The summed E-state index contributed by atoms with van der Waals surface area (Å²) in [4.78, 5) is 14.0. The molecule has 88 valence electrons. The minimum atomic E-state index is -0.270. The number of nitrogens with zero attached hydrogens (tertiary/aromatic N) is 1. The van der Waals surface area contributed by atoms with E-state index in [4.69, 9.17) is 16.3 Å². The van der Waals surface area contributed by atoms with Gasteiger partial charge in [-0.05, 0) is 6.42 Å². The first-order valence-electron chi connectivity index (χ1n) is 5.48. The zero-order chi connectivity index (χ0) is 11.5. The standard InChI is InChI=1S/C11H20ClNO2/c1-4-11(2,3)10(14)13-5-6-15-9(7-12)8-13/h9H,4-8H2,1-3H3. The Kier molecular flexibility index (Phi) is 4.41. The normalized spacial score (nSPS) is 22.9. The third kappa shape index (κ3) is 3.08. The van der Waals surface area contributed by atoms with E-state index in [1.165, 1.54) is 0 Å². The molecule has 0 aliphatic carbocycles. The molecule has 1 atom stereocenters. The Morgan fingerprint density at radius 2 is 2.27 bits per heavy atom. The van der Waals surface area contributed by atoms with Gasteiger partial charge in [-0.3, -0.25) is 4.79 Å². The third-order valence-corrected chi connectivity index (χ3v) is 3.41. The number of hydrogen-bond donors (Lipinski definition) is 0. The quantitative estimate of drug-likeness (QED) is 0.697. The monoisotopic (exact) mass is 233 g/mol. The third-order valence-electron chi connectivity index (χ3n) is 3.06. The van der Waals surface area contributed by atoms with Gasteiger partial charge in [0, 0.05) is 18.5 Å². The molecule has 0 bridgehead atoms. The van der Waals surface area contributed by atoms with Gasteiger partial charge in [-0.15, -0.1) is 11.6 Å². The number of ether oxygens (including phenoxy) is 1. The van der Waals surface area contributed by atoms with Crippen molar-refractivity contribution >= 4 is 17.5 Å². The molecule has 1 heterocycles. The van der Waals surface area contributed by atoms with Crippen LogP contribution >= 0.6 is 11.6 Å². The Labute approximate surface area is 96.7 Å². The number of alkyl halides is 1. The summed E-state index contributed by atoms with van der Waals surface area (Å²) in [5.74, 6) is 0.666. The van der Waals surface area contributed by atoms with E-state index in [-0.39, 0.29) is 17.4 Å². The van der Waals surface area contributed by atoms with E-state index in [2.05, 4.69) is 0 Å². The lowest BCUT2D eigenvalue weighted by atomic mass is 9.88. The predicted molar refractivity (Wildman–Crippen MR) is 61.1 cm³/mol. The molecule has 0 aromatic rings. The molecule has 1 unspecified atom stereocenters. The van der Waals surface area contributed by atoms with Gasteiger partial charge in [0.15, 0.2) is 0 Å². The lowest BCUT2D eigenvalue weighted by molar-refractivity contribution is -0.147. The Hall–Kier alpha value is -0.280. The minimum Gasteiger partial charge on any atom is -0.373 e. The first-order valence-corrected chi connectivity index (χ1v) is 6.01. The molecule has 0 spiro atoms. The zero-order valence-electron chi connectivity index (χ0n) is 9.75. The summed E-state index contributed by atoms with van der Waals surface area (Å²) < 4.78 is 5.43. The van der Waals surface area contributed by atoms with Crippen LogP contribution in [0.1, 0.15) is 27.2 Å². The Bertz CT molecular complexity index is 231. The van der Waals surface area contributed by atoms with Crippen molar-refractivity contribution in [3.05, 3.63) is 0 Å². The van der Waals surface area contributed by atoms with Gasteiger partial charge in [0.1, 0.15) is 0 Å². The highest BCUT2D eigenvalue weighted by atomic mass is 35.5. The molecule has 0 aromatic carbocycles. The molecule has 0 aromatic heterocycles. The van der Waals surface area contributed by atoms with Gasteiger partial charge in [-0.1, -0.05) is 20.8 Å². The van der Waals surface area contributed by atoms with Crippen molar-refractivity contribution in [2.24, 2.45) is 5.41 Å². The highest BCUT2D eigenvalue weighted by Gasteiger charge is 2.33. The van der Waals surface area contributed by atoms with Crippen molar-refractivity contribution in [3.63, 3.8) is 0 Å². The lowest BCUT2D eigenvalue weighted by Gasteiger charge is -2.36. The SMILES string of the molecule is CCC(C)(C)C(=O)N1CCOC(CCl)C1. The lowest BCUT2D eigenvalue weighted by Crippen LogP contribution is -2.50. The average Bonchev–Trinajstić information content (AvgIpc) is 2.28. The summed E-state index contributed by atoms with van der Waals surface area (Å²) >= 11 is 5.74. The molecular weight excluding hydrogens is 214 g/mol. The molecule has 1 aliphatic heterocycles. The first kappa shape index (κ1) is 12.8. The predicted octanol–water partition coefficient (Wildman–Crippen LogP) is 1.89. The van der Waals surface area contributed by atoms with Gasteiger partial charge in [0.05, 0.1) is 18.6 Å². The summed E-state index contributed by atoms with van der Waals surface area (Å²) in [6.45, 7) is 7.93. The Morgan fingerprint density at radius 3 is 2.80 bits per heavy atom. The summed E-state index contributed by atoms with van der Waals surface area (Å²) in [5, 5.41) is 0. The van der Waals surface area contributed by atoms with Crippen LogP contribution in [-0.4, -0.2) is 42.5 Å². The first-order chi connectivity index (χ1) is 7.01. The minimum absolute atomic E-state index is 0.00276. The maximum atomic E-state index is 12.1. The maximum absolute atomic E-state index is 12.1. The van der Waals surface area contributed by atoms with Gasteiger partial charge in [0.25, 0.3) is 0 Å². The van der Waals surface area contributed by atoms with Gasteiger partial charge in [-0.25, -0.2) is 0 Å². The number of amides is 1. The van der Waals surface area contributed by atoms with E-state index >= 15 is 0 Å². The van der Waals surface area contributed by atoms with Crippen LogP contribution in [0, 0.1) is 5.41 Å². The zero-order valence-corrected chi connectivity index (χ0v) is 10.5. The molecule has 1 rings (SSSR count). The van der Waals surface area contributed by atoms with E-state index in [1.807, 2.05) is 25.7 Å². The second-order valence-corrected chi connectivity index (χ2v) is 4.94. The number of morpholine rings is 1. The second-order valence-electron chi connectivity index (χ2n) is 4.64. The molecule has 0 N–H and O–H groups in total. The number of carbonyl (C=O) groups excluding carboxylic acids is 1. The molecule has 1 amide bonds. The average molecular weight is 234 g/mol. The van der Waals surface area contributed by atoms with Crippen LogP contribution in [-0.2, 0) is 9.53 Å². The topological polar surface area (TPSA) is 29.5 Å². The molecule has 4 heteroatoms. The molecule has 0 saturated carbocycles. The van der Waals surface area contributed by atoms with Crippen molar-refractivity contribution in [1.29, 1.82) is 0 Å². The molecule has 15 heavy (non-hydrogen) atoms. The van der Waals surface area contributed by atoms with Crippen molar-refractivity contribution in [3.8, 4) is 0 Å². The fourth-order valence-electron chi connectivity index (χ4n) is 1.58. The largest absolute Gasteiger partial charge is 0.373 e. The second kappa shape index (κ2) is 5.17. The summed E-state index contributed by atoms with van der Waals surface area (Å²) in [5.41, 5.74) is -0.270. The molecule has 0 radical (unpaired) electrons. The molecule has 1 fully saturated rings. The van der Waals surface area contributed by atoms with E-state index < -0.39 is 0 Å². The van der Waals surface area contributed by atoms with Crippen LogP contribution in [0.5, 0.6) is 0 Å². The fraction of sp³-hybridized carbons (Fsp3) is 0.909. The van der Waals surface area contributed by atoms with Crippen molar-refractivity contribution in [1.82, 2.24) is 4.90 Å². The molecule has 3 nitrogen and oxygen atoms in total. The molecular formula is C11H20ClNO2. The highest BCUT2D eigenvalue weighted by Crippen LogP contribution is 2.24. The van der Waals surface area contributed by atoms with Crippen LogP contribution in [0.15, 0.2) is 0 Å². The number of carbonyl (C=O) groups is 1. The van der Waals surface area contributed by atoms with Crippen molar-refractivity contribution in [2.75, 3.05) is 25.6 Å². The van der Waals surface area contributed by atoms with Crippen LogP contribution in [0.25, 0.3) is 0 Å². The summed E-state index contributed by atoms with van der Waals surface area (Å²) in [6.07, 6.45) is 0.853. The number of hydrogen-bond acceptors (Lipinski definition) is 2. The molecule has 1 aliphatic rings. The Morgan fingerprint density at radius 1 is 1.60 bits per heavy atom. The van der Waals surface area contributed by atoms with Gasteiger partial charge >= 0.3 is 0 Å². The smallest absolute Gasteiger partial charge is 0.228 e. The highest BCUT2D eigenvalue weighted by molar-refractivity contribution is 6.18. The van der Waals surface area contributed by atoms with Crippen LogP contribution in [0.3, 0.4) is 0 Å². The fourth-order valence-corrected chi connectivity index (χ4v) is 1.76. The van der Waals surface area contributed by atoms with Gasteiger partial charge in [0.2, 0.25) is 5.91 Å². The van der Waals surface area contributed by atoms with Crippen LogP contribution in [0.4, 0.5) is 0 Å².